The van der Waals surface area contributed by atoms with Crippen LogP contribution in [0.1, 0.15) is 38.7 Å². The Balaban J connectivity index is 1.31. The third-order valence-corrected chi connectivity index (χ3v) is 6.79. The number of rotatable bonds is 6. The number of hydrogen-bond donors (Lipinski definition) is 2. The number of nitrogens with zero attached hydrogens (tertiary/aromatic N) is 5. The summed E-state index contributed by atoms with van der Waals surface area (Å²) in [6.07, 6.45) is 4.18. The molecule has 2 aromatic rings. The predicted molar refractivity (Wildman–Crippen MR) is 139 cm³/mol. The Morgan fingerprint density at radius 1 is 1.00 bits per heavy atom. The fourth-order valence-electron chi connectivity index (χ4n) is 4.63. The molecule has 0 radical (unpaired) electrons. The van der Waals surface area contributed by atoms with Gasteiger partial charge in [-0.25, -0.2) is 9.59 Å². The smallest absolute Gasteiger partial charge is 0.339 e. The van der Waals surface area contributed by atoms with Crippen LogP contribution in [-0.2, 0) is 11.3 Å². The standard InChI is InChI=1S/C26H37N7O3/c1-19(2)17-24(34)31-13-15-32(16-14-31)25(35)28-23-9-12-33(26(36)29-23)22-5-3-20(4-6-22)18-30-10-7-21(27)8-11-30/h3-6,9,12,19,21H,7-8,10-11,13-18,27H2,1-2H3,(H,28,29,35,36). The molecule has 3 amide bonds. The van der Waals surface area contributed by atoms with Crippen LogP contribution < -0.4 is 16.7 Å². The summed E-state index contributed by atoms with van der Waals surface area (Å²) in [4.78, 5) is 47.4. The average molecular weight is 496 g/mol. The van der Waals surface area contributed by atoms with Crippen LogP contribution in [0.4, 0.5) is 10.6 Å². The summed E-state index contributed by atoms with van der Waals surface area (Å²) in [6.45, 7) is 8.83. The quantitative estimate of drug-likeness (QED) is 0.632. The Labute approximate surface area is 212 Å². The lowest BCUT2D eigenvalue weighted by atomic mass is 10.1. The molecule has 10 heteroatoms. The molecule has 2 saturated heterocycles. The van der Waals surface area contributed by atoms with Crippen LogP contribution in [-0.4, -0.2) is 81.5 Å². The van der Waals surface area contributed by atoms with Gasteiger partial charge in [0.15, 0.2) is 0 Å². The van der Waals surface area contributed by atoms with Crippen molar-refractivity contribution in [3.8, 4) is 5.69 Å². The van der Waals surface area contributed by atoms with E-state index in [0.717, 1.165) is 38.2 Å². The number of piperazine rings is 1. The number of likely N-dealkylation sites (tertiary alicyclic amines) is 1. The molecule has 0 spiro atoms. The SMILES string of the molecule is CC(C)CC(=O)N1CCN(C(=O)Nc2ccn(-c3ccc(CN4CCC(N)CC4)cc3)c(=O)n2)CC1. The van der Waals surface area contributed by atoms with E-state index in [-0.39, 0.29) is 17.8 Å². The molecule has 36 heavy (non-hydrogen) atoms. The van der Waals surface area contributed by atoms with Crippen molar-refractivity contribution in [3.05, 3.63) is 52.6 Å². The maximum Gasteiger partial charge on any atom is 0.354 e. The summed E-state index contributed by atoms with van der Waals surface area (Å²) >= 11 is 0. The number of carbonyl (C=O) groups is 2. The first-order valence-corrected chi connectivity index (χ1v) is 12.8. The van der Waals surface area contributed by atoms with Crippen LogP contribution in [0.2, 0.25) is 0 Å². The predicted octanol–water partition coefficient (Wildman–Crippen LogP) is 1.88. The Bertz CT molecular complexity index is 1100. The van der Waals surface area contributed by atoms with Crippen molar-refractivity contribution in [2.75, 3.05) is 44.6 Å². The van der Waals surface area contributed by atoms with Gasteiger partial charge in [0.25, 0.3) is 0 Å². The van der Waals surface area contributed by atoms with E-state index < -0.39 is 5.69 Å². The number of nitrogens with one attached hydrogen (secondary N) is 1. The molecule has 0 aliphatic carbocycles. The highest BCUT2D eigenvalue weighted by atomic mass is 16.2. The number of hydrogen-bond acceptors (Lipinski definition) is 6. The molecule has 194 valence electrons. The average Bonchev–Trinajstić information content (AvgIpc) is 2.86. The van der Waals surface area contributed by atoms with Gasteiger partial charge in [0.05, 0.1) is 5.69 Å². The topological polar surface area (TPSA) is 117 Å². The number of amides is 3. The Hall–Kier alpha value is -3.24. The number of urea groups is 1. The van der Waals surface area contributed by atoms with Crippen LogP contribution in [0.5, 0.6) is 0 Å². The molecule has 0 saturated carbocycles. The molecule has 2 aliphatic rings. The minimum Gasteiger partial charge on any atom is -0.339 e. The molecule has 3 N–H and O–H groups in total. The molecule has 1 aromatic carbocycles. The van der Waals surface area contributed by atoms with Crippen LogP contribution in [0.25, 0.3) is 5.69 Å². The van der Waals surface area contributed by atoms with E-state index in [4.69, 9.17) is 5.73 Å². The third-order valence-electron chi connectivity index (χ3n) is 6.79. The maximum atomic E-state index is 12.7. The normalized spacial score (nSPS) is 17.4. The Morgan fingerprint density at radius 2 is 1.64 bits per heavy atom. The minimum absolute atomic E-state index is 0.125. The van der Waals surface area contributed by atoms with Gasteiger partial charge in [-0.3, -0.25) is 19.6 Å². The van der Waals surface area contributed by atoms with E-state index in [0.29, 0.717) is 44.6 Å². The third kappa shape index (κ3) is 6.70. The molecule has 4 rings (SSSR count). The first-order valence-electron chi connectivity index (χ1n) is 12.8. The van der Waals surface area contributed by atoms with Gasteiger partial charge < -0.3 is 15.5 Å². The van der Waals surface area contributed by atoms with E-state index >= 15 is 0 Å². The zero-order valence-corrected chi connectivity index (χ0v) is 21.2. The van der Waals surface area contributed by atoms with E-state index in [2.05, 4.69) is 15.2 Å². The molecule has 2 aliphatic heterocycles. The second kappa shape index (κ2) is 11.7. The van der Waals surface area contributed by atoms with Crippen molar-refractivity contribution in [2.24, 2.45) is 11.7 Å². The van der Waals surface area contributed by atoms with Crippen molar-refractivity contribution in [3.63, 3.8) is 0 Å². The lowest BCUT2D eigenvalue weighted by molar-refractivity contribution is -0.133. The van der Waals surface area contributed by atoms with Gasteiger partial charge in [-0.2, -0.15) is 4.98 Å². The van der Waals surface area contributed by atoms with Gasteiger partial charge >= 0.3 is 11.7 Å². The highest BCUT2D eigenvalue weighted by Gasteiger charge is 2.24. The van der Waals surface area contributed by atoms with Crippen molar-refractivity contribution >= 4 is 17.8 Å². The van der Waals surface area contributed by atoms with E-state index in [1.165, 1.54) is 10.1 Å². The zero-order valence-electron chi connectivity index (χ0n) is 21.2. The fraction of sp³-hybridized carbons (Fsp3) is 0.538. The minimum atomic E-state index is -0.463. The Morgan fingerprint density at radius 3 is 2.25 bits per heavy atom. The summed E-state index contributed by atoms with van der Waals surface area (Å²) in [6, 6.07) is 9.48. The molecular formula is C26H37N7O3. The molecule has 10 nitrogen and oxygen atoms in total. The van der Waals surface area contributed by atoms with Gasteiger partial charge in [-0.15, -0.1) is 0 Å². The molecular weight excluding hydrogens is 458 g/mol. The first-order chi connectivity index (χ1) is 17.3. The van der Waals surface area contributed by atoms with Gasteiger partial charge in [0.2, 0.25) is 5.91 Å². The van der Waals surface area contributed by atoms with Gasteiger partial charge in [0.1, 0.15) is 5.82 Å². The van der Waals surface area contributed by atoms with Crippen LogP contribution >= 0.6 is 0 Å². The lowest BCUT2D eigenvalue weighted by Gasteiger charge is -2.35. The summed E-state index contributed by atoms with van der Waals surface area (Å²) < 4.78 is 1.46. The summed E-state index contributed by atoms with van der Waals surface area (Å²) in [7, 11) is 0. The number of piperidine rings is 1. The largest absolute Gasteiger partial charge is 0.354 e. The molecule has 0 unspecified atom stereocenters. The maximum absolute atomic E-state index is 12.7. The highest BCUT2D eigenvalue weighted by molar-refractivity contribution is 5.88. The first kappa shape index (κ1) is 25.8. The number of aromatic nitrogens is 2. The summed E-state index contributed by atoms with van der Waals surface area (Å²) in [5, 5.41) is 2.71. The van der Waals surface area contributed by atoms with Gasteiger partial charge in [0, 0.05) is 51.4 Å². The van der Waals surface area contributed by atoms with Gasteiger partial charge in [-0.05, 0) is 55.6 Å². The lowest BCUT2D eigenvalue weighted by Crippen LogP contribution is -2.52. The Kier molecular flexibility index (Phi) is 8.37. The summed E-state index contributed by atoms with van der Waals surface area (Å²) in [5.41, 5.74) is 7.43. The number of benzene rings is 1. The number of nitrogens with two attached hydrogens (primary N) is 1. The number of carbonyl (C=O) groups excluding carboxylic acids is 2. The highest BCUT2D eigenvalue weighted by Crippen LogP contribution is 2.15. The fourth-order valence-corrected chi connectivity index (χ4v) is 4.63. The molecule has 2 fully saturated rings. The monoisotopic (exact) mass is 495 g/mol. The van der Waals surface area contributed by atoms with Gasteiger partial charge in [-0.1, -0.05) is 26.0 Å². The van der Waals surface area contributed by atoms with Crippen molar-refractivity contribution < 1.29 is 9.59 Å². The van der Waals surface area contributed by atoms with E-state index in [1.807, 2.05) is 38.1 Å². The molecule has 0 atom stereocenters. The number of anilines is 1. The molecule has 3 heterocycles. The van der Waals surface area contributed by atoms with Crippen LogP contribution in [0, 0.1) is 5.92 Å². The van der Waals surface area contributed by atoms with Crippen molar-refractivity contribution in [1.29, 1.82) is 0 Å². The molecule has 1 aromatic heterocycles. The van der Waals surface area contributed by atoms with Crippen LogP contribution in [0.3, 0.4) is 0 Å². The van der Waals surface area contributed by atoms with E-state index in [9.17, 15) is 14.4 Å². The zero-order chi connectivity index (χ0) is 25.7. The second-order valence-electron chi connectivity index (χ2n) is 10.1. The van der Waals surface area contributed by atoms with Crippen molar-refractivity contribution in [1.82, 2.24) is 24.3 Å². The van der Waals surface area contributed by atoms with E-state index in [1.54, 1.807) is 22.1 Å². The second-order valence-corrected chi connectivity index (χ2v) is 10.1. The summed E-state index contributed by atoms with van der Waals surface area (Å²) in [5.74, 6) is 0.642. The molecule has 0 bridgehead atoms. The van der Waals surface area contributed by atoms with Crippen LogP contribution in [0.15, 0.2) is 41.3 Å². The van der Waals surface area contributed by atoms with Crippen molar-refractivity contribution in [2.45, 2.75) is 45.7 Å².